The molecule has 0 amide bonds. The Balaban J connectivity index is 1.63. The fourth-order valence-corrected chi connectivity index (χ4v) is 4.27. The molecule has 0 aliphatic heterocycles. The van der Waals surface area contributed by atoms with Crippen LogP contribution in [0.15, 0.2) is 53.7 Å². The summed E-state index contributed by atoms with van der Waals surface area (Å²) in [6, 6.07) is 15.9. The lowest BCUT2D eigenvalue weighted by Crippen LogP contribution is -2.17. The van der Waals surface area contributed by atoms with Crippen LogP contribution >= 0.6 is 11.8 Å². The van der Waals surface area contributed by atoms with E-state index in [1.807, 2.05) is 49.4 Å². The molecule has 1 unspecified atom stereocenters. The largest absolute Gasteiger partial charge is 0.293 e. The number of carbonyl (C=O) groups excluding carboxylic acids is 1. The smallest absolute Gasteiger partial charge is 0.214 e. The molecule has 0 N–H and O–H groups in total. The molecular weight excluding hydrogens is 332 g/mol. The lowest BCUT2D eigenvalue weighted by Gasteiger charge is -2.13. The van der Waals surface area contributed by atoms with Crippen molar-refractivity contribution in [2.75, 3.05) is 0 Å². The van der Waals surface area contributed by atoms with E-state index in [4.69, 9.17) is 0 Å². The number of carbonyl (C=O) groups is 1. The van der Waals surface area contributed by atoms with Crippen LogP contribution in [0.1, 0.15) is 34.3 Å². The van der Waals surface area contributed by atoms with Crippen molar-refractivity contribution < 1.29 is 4.79 Å². The monoisotopic (exact) mass is 350 g/mol. The second kappa shape index (κ2) is 6.80. The molecule has 0 bridgehead atoms. The molecule has 3 aromatic rings. The molecule has 0 radical (unpaired) electrons. The Kier molecular flexibility index (Phi) is 4.36. The maximum Gasteiger partial charge on any atom is 0.214 e. The Morgan fingerprint density at radius 2 is 2.04 bits per heavy atom. The maximum atomic E-state index is 13.0. The Bertz CT molecular complexity index is 921. The molecule has 0 spiro atoms. The lowest BCUT2D eigenvalue weighted by molar-refractivity contribution is 0.0988. The first-order valence-corrected chi connectivity index (χ1v) is 9.24. The number of benzene rings is 2. The van der Waals surface area contributed by atoms with Crippen molar-refractivity contribution in [2.24, 2.45) is 0 Å². The van der Waals surface area contributed by atoms with E-state index >= 15 is 0 Å². The first-order valence-electron chi connectivity index (χ1n) is 8.36. The molecule has 1 aromatic heterocycles. The number of fused-ring (bicyclic) bond motifs is 1. The van der Waals surface area contributed by atoms with Crippen LogP contribution < -0.4 is 0 Å². The molecule has 2 aromatic carbocycles. The van der Waals surface area contributed by atoms with Crippen LogP contribution in [-0.4, -0.2) is 31.2 Å². The van der Waals surface area contributed by atoms with Gasteiger partial charge in [0.25, 0.3) is 0 Å². The van der Waals surface area contributed by atoms with E-state index in [-0.39, 0.29) is 11.0 Å². The average molecular weight is 350 g/mol. The van der Waals surface area contributed by atoms with E-state index in [0.29, 0.717) is 5.16 Å². The molecule has 1 heterocycles. The van der Waals surface area contributed by atoms with Gasteiger partial charge < -0.3 is 0 Å². The van der Waals surface area contributed by atoms with Gasteiger partial charge in [0.2, 0.25) is 5.16 Å². The summed E-state index contributed by atoms with van der Waals surface area (Å²) in [5, 5.41) is 12.6. The number of Topliss-reactive ketones (excluding diaryl/α,β-unsaturated/α-hetero) is 1. The summed E-state index contributed by atoms with van der Waals surface area (Å²) in [5.41, 5.74) is 4.04. The third kappa shape index (κ3) is 3.22. The van der Waals surface area contributed by atoms with Crippen LogP contribution in [0.2, 0.25) is 0 Å². The van der Waals surface area contributed by atoms with Gasteiger partial charge in [-0.25, -0.2) is 0 Å². The molecule has 5 nitrogen and oxygen atoms in total. The third-order valence-corrected chi connectivity index (χ3v) is 5.62. The molecule has 4 rings (SSSR count). The van der Waals surface area contributed by atoms with Crippen LogP contribution in [-0.2, 0) is 6.42 Å². The van der Waals surface area contributed by atoms with Crippen molar-refractivity contribution in [1.29, 1.82) is 0 Å². The zero-order valence-electron chi connectivity index (χ0n) is 13.9. The molecule has 1 atom stereocenters. The number of thioether (sulfide) groups is 1. The van der Waals surface area contributed by atoms with Gasteiger partial charge in [0, 0.05) is 5.56 Å². The Morgan fingerprint density at radius 1 is 1.16 bits per heavy atom. The van der Waals surface area contributed by atoms with Crippen molar-refractivity contribution in [3.05, 3.63) is 65.2 Å². The number of ketones is 1. The highest BCUT2D eigenvalue weighted by Crippen LogP contribution is 2.32. The molecule has 0 saturated heterocycles. The van der Waals surface area contributed by atoms with Gasteiger partial charge in [0.05, 0.1) is 10.9 Å². The summed E-state index contributed by atoms with van der Waals surface area (Å²) >= 11 is 1.46. The van der Waals surface area contributed by atoms with Crippen molar-refractivity contribution in [2.45, 2.75) is 36.6 Å². The molecule has 6 heteroatoms. The number of tetrazole rings is 1. The zero-order valence-corrected chi connectivity index (χ0v) is 14.7. The Hall–Kier alpha value is -2.47. The fraction of sp³-hybridized carbons (Fsp3) is 0.263. The van der Waals surface area contributed by atoms with Gasteiger partial charge in [0.15, 0.2) is 5.78 Å². The maximum absolute atomic E-state index is 13.0. The van der Waals surface area contributed by atoms with Crippen molar-refractivity contribution in [1.82, 2.24) is 20.2 Å². The number of aryl methyl sites for hydroxylation is 2. The first-order chi connectivity index (χ1) is 12.2. The highest BCUT2D eigenvalue weighted by molar-refractivity contribution is 8.00. The highest BCUT2D eigenvalue weighted by atomic mass is 32.2. The van der Waals surface area contributed by atoms with Crippen molar-refractivity contribution in [3.63, 3.8) is 0 Å². The van der Waals surface area contributed by atoms with Gasteiger partial charge in [-0.3, -0.25) is 4.79 Å². The van der Waals surface area contributed by atoms with Crippen LogP contribution in [0, 0.1) is 6.92 Å². The van der Waals surface area contributed by atoms with E-state index in [2.05, 4.69) is 21.6 Å². The predicted octanol–water partition coefficient (Wildman–Crippen LogP) is 3.65. The standard InChI is InChI=1S/C19H18N4OS/c1-13-6-4-9-15(12-13)23-19(20-21-22-23)25-17-11-5-8-14-7-2-3-10-16(14)18(17)24/h2-4,6-7,9-10,12,17H,5,8,11H2,1H3. The van der Waals surface area contributed by atoms with E-state index in [1.165, 1.54) is 11.8 Å². The predicted molar refractivity (Wildman–Crippen MR) is 97.2 cm³/mol. The Morgan fingerprint density at radius 3 is 2.92 bits per heavy atom. The summed E-state index contributed by atoms with van der Waals surface area (Å²) in [7, 11) is 0. The summed E-state index contributed by atoms with van der Waals surface area (Å²) in [5.74, 6) is 0.178. The van der Waals surface area contributed by atoms with Crippen LogP contribution in [0.25, 0.3) is 5.69 Å². The number of hydrogen-bond donors (Lipinski definition) is 0. The summed E-state index contributed by atoms with van der Waals surface area (Å²) in [4.78, 5) is 13.0. The van der Waals surface area contributed by atoms with Gasteiger partial charge in [-0.15, -0.1) is 5.10 Å². The molecule has 1 aliphatic rings. The van der Waals surface area contributed by atoms with Gasteiger partial charge in [-0.1, -0.05) is 48.2 Å². The molecule has 0 saturated carbocycles. The summed E-state index contributed by atoms with van der Waals surface area (Å²) in [6.07, 6.45) is 2.77. The van der Waals surface area contributed by atoms with Gasteiger partial charge in [0.1, 0.15) is 0 Å². The molecule has 1 aliphatic carbocycles. The normalized spacial score (nSPS) is 17.2. The van der Waals surface area contributed by atoms with Crippen LogP contribution in [0.4, 0.5) is 0 Å². The number of hydrogen-bond acceptors (Lipinski definition) is 5. The molecular formula is C19H18N4OS. The second-order valence-corrected chi connectivity index (χ2v) is 7.40. The molecule has 25 heavy (non-hydrogen) atoms. The first kappa shape index (κ1) is 16.0. The summed E-state index contributed by atoms with van der Waals surface area (Å²) in [6.45, 7) is 2.03. The van der Waals surface area contributed by atoms with Crippen LogP contribution in [0.5, 0.6) is 0 Å². The van der Waals surface area contributed by atoms with E-state index in [0.717, 1.165) is 41.6 Å². The summed E-state index contributed by atoms with van der Waals surface area (Å²) < 4.78 is 1.71. The number of aromatic nitrogens is 4. The number of rotatable bonds is 3. The second-order valence-electron chi connectivity index (χ2n) is 6.23. The minimum absolute atomic E-state index is 0.154. The quantitative estimate of drug-likeness (QED) is 0.675. The van der Waals surface area contributed by atoms with Gasteiger partial charge in [-0.05, 0) is 59.9 Å². The minimum Gasteiger partial charge on any atom is -0.293 e. The zero-order chi connectivity index (χ0) is 17.2. The van der Waals surface area contributed by atoms with Gasteiger partial charge in [-0.2, -0.15) is 4.68 Å². The molecule has 126 valence electrons. The third-order valence-electron chi connectivity index (χ3n) is 4.42. The molecule has 0 fully saturated rings. The van der Waals surface area contributed by atoms with E-state index in [9.17, 15) is 4.79 Å². The van der Waals surface area contributed by atoms with Crippen molar-refractivity contribution in [3.8, 4) is 5.69 Å². The lowest BCUT2D eigenvalue weighted by atomic mass is 10.0. The average Bonchev–Trinajstić information content (AvgIpc) is 3.02. The van der Waals surface area contributed by atoms with Crippen molar-refractivity contribution >= 4 is 17.5 Å². The minimum atomic E-state index is -0.154. The Labute approximate surface area is 150 Å². The van der Waals surface area contributed by atoms with Crippen LogP contribution in [0.3, 0.4) is 0 Å². The van der Waals surface area contributed by atoms with Gasteiger partial charge >= 0.3 is 0 Å². The van der Waals surface area contributed by atoms with E-state index < -0.39 is 0 Å². The SMILES string of the molecule is Cc1cccc(-n2nnnc2SC2CCCc3ccccc3C2=O)c1. The van der Waals surface area contributed by atoms with E-state index in [1.54, 1.807) is 4.68 Å². The number of nitrogens with zero attached hydrogens (tertiary/aromatic N) is 4. The topological polar surface area (TPSA) is 60.7 Å². The fourth-order valence-electron chi connectivity index (χ4n) is 3.17. The highest BCUT2D eigenvalue weighted by Gasteiger charge is 2.28.